The zero-order chi connectivity index (χ0) is 16.0. The predicted octanol–water partition coefficient (Wildman–Crippen LogP) is 0.973. The van der Waals surface area contributed by atoms with Crippen molar-refractivity contribution in [2.75, 3.05) is 12.3 Å². The second kappa shape index (κ2) is 7.24. The van der Waals surface area contributed by atoms with Gasteiger partial charge in [-0.1, -0.05) is 0 Å². The van der Waals surface area contributed by atoms with Crippen LogP contribution in [-0.4, -0.2) is 39.5 Å². The maximum atomic E-state index is 11.4. The van der Waals surface area contributed by atoms with Crippen LogP contribution in [0.15, 0.2) is 18.3 Å². The quantitative estimate of drug-likeness (QED) is 0.643. The van der Waals surface area contributed by atoms with E-state index < -0.39 is 23.9 Å². The van der Waals surface area contributed by atoms with Crippen LogP contribution < -0.4 is 11.1 Å². The topological polar surface area (TPSA) is 118 Å². The van der Waals surface area contributed by atoms with Crippen LogP contribution in [0.3, 0.4) is 0 Å². The van der Waals surface area contributed by atoms with E-state index in [2.05, 4.69) is 10.3 Å². The third-order valence-electron chi connectivity index (χ3n) is 2.62. The Labute approximate surface area is 124 Å². The second-order valence-corrected chi connectivity index (χ2v) is 5.71. The van der Waals surface area contributed by atoms with Gasteiger partial charge in [0.25, 0.3) is 0 Å². The van der Waals surface area contributed by atoms with E-state index in [9.17, 15) is 15.0 Å². The lowest BCUT2D eigenvalue weighted by Gasteiger charge is -2.21. The first-order valence-electron chi connectivity index (χ1n) is 6.74. The van der Waals surface area contributed by atoms with E-state index in [1.165, 1.54) is 6.20 Å². The number of nitrogens with one attached hydrogen (secondary N) is 1. The molecule has 0 spiro atoms. The molecule has 0 fully saturated rings. The lowest BCUT2D eigenvalue weighted by Crippen LogP contribution is -2.34. The highest BCUT2D eigenvalue weighted by Gasteiger charge is 2.22. The smallest absolute Gasteiger partial charge is 0.407 e. The standard InChI is InChI=1S/C14H23N3O4/c1-14(2,3)21-13(20)17-8-6-10(18)12(19)11-9(15)5-4-7-16-11/h4-5,7,10,12,18-19H,6,8,15H2,1-3H3,(H,17,20). The van der Waals surface area contributed by atoms with E-state index in [4.69, 9.17) is 10.5 Å². The zero-order valence-electron chi connectivity index (χ0n) is 12.5. The molecule has 1 aromatic heterocycles. The van der Waals surface area contributed by atoms with Crippen LogP contribution >= 0.6 is 0 Å². The molecule has 0 radical (unpaired) electrons. The fraction of sp³-hybridized carbons (Fsp3) is 0.571. The van der Waals surface area contributed by atoms with E-state index in [0.717, 1.165) is 0 Å². The minimum absolute atomic E-state index is 0.149. The maximum absolute atomic E-state index is 11.4. The molecule has 1 heterocycles. The summed E-state index contributed by atoms with van der Waals surface area (Å²) in [5, 5.41) is 22.4. The minimum Gasteiger partial charge on any atom is -0.444 e. The van der Waals surface area contributed by atoms with Gasteiger partial charge < -0.3 is 26.0 Å². The summed E-state index contributed by atoms with van der Waals surface area (Å²) in [5.74, 6) is 0. The monoisotopic (exact) mass is 297 g/mol. The fourth-order valence-corrected chi connectivity index (χ4v) is 1.65. The Morgan fingerprint density at radius 2 is 2.14 bits per heavy atom. The van der Waals surface area contributed by atoms with Crippen LogP contribution in [0, 0.1) is 0 Å². The number of pyridine rings is 1. The molecule has 7 nitrogen and oxygen atoms in total. The minimum atomic E-state index is -1.20. The molecule has 0 aliphatic carbocycles. The molecule has 7 heteroatoms. The first kappa shape index (κ1) is 17.2. The Balaban J connectivity index is 2.42. The largest absolute Gasteiger partial charge is 0.444 e. The van der Waals surface area contributed by atoms with Crippen LogP contribution in [0.5, 0.6) is 0 Å². The molecule has 21 heavy (non-hydrogen) atoms. The number of amides is 1. The number of nitrogen functional groups attached to an aromatic ring is 1. The van der Waals surface area contributed by atoms with Gasteiger partial charge in [-0.25, -0.2) is 4.79 Å². The van der Waals surface area contributed by atoms with Gasteiger partial charge in [-0.2, -0.15) is 0 Å². The normalized spacial score (nSPS) is 14.3. The van der Waals surface area contributed by atoms with E-state index in [-0.39, 0.29) is 18.7 Å². The third kappa shape index (κ3) is 5.97. The fourth-order valence-electron chi connectivity index (χ4n) is 1.65. The van der Waals surface area contributed by atoms with Crippen molar-refractivity contribution in [3.63, 3.8) is 0 Å². The Morgan fingerprint density at radius 1 is 1.48 bits per heavy atom. The van der Waals surface area contributed by atoms with E-state index >= 15 is 0 Å². The average Bonchev–Trinajstić information content (AvgIpc) is 2.36. The number of ether oxygens (including phenoxy) is 1. The Bertz CT molecular complexity index is 474. The highest BCUT2D eigenvalue weighted by Crippen LogP contribution is 2.21. The number of aromatic nitrogens is 1. The van der Waals surface area contributed by atoms with Gasteiger partial charge in [0.05, 0.1) is 17.5 Å². The van der Waals surface area contributed by atoms with E-state index in [0.29, 0.717) is 5.69 Å². The number of rotatable bonds is 5. The number of carbonyl (C=O) groups excluding carboxylic acids is 1. The molecule has 0 aliphatic heterocycles. The highest BCUT2D eigenvalue weighted by molar-refractivity contribution is 5.67. The van der Waals surface area contributed by atoms with Crippen molar-refractivity contribution in [2.45, 2.75) is 45.0 Å². The average molecular weight is 297 g/mol. The third-order valence-corrected chi connectivity index (χ3v) is 2.62. The van der Waals surface area contributed by atoms with Crippen LogP contribution in [0.4, 0.5) is 10.5 Å². The molecule has 5 N–H and O–H groups in total. The van der Waals surface area contributed by atoms with Crippen molar-refractivity contribution in [1.29, 1.82) is 0 Å². The van der Waals surface area contributed by atoms with Gasteiger partial charge in [-0.15, -0.1) is 0 Å². The molecule has 2 unspecified atom stereocenters. The summed E-state index contributed by atoms with van der Waals surface area (Å²) in [7, 11) is 0. The predicted molar refractivity (Wildman–Crippen MR) is 78.5 cm³/mol. The van der Waals surface area contributed by atoms with Gasteiger partial charge in [0.2, 0.25) is 0 Å². The van der Waals surface area contributed by atoms with Gasteiger partial charge in [-0.3, -0.25) is 4.98 Å². The van der Waals surface area contributed by atoms with E-state index in [1.807, 2.05) is 0 Å². The SMILES string of the molecule is CC(C)(C)OC(=O)NCCC(O)C(O)c1ncccc1N. The van der Waals surface area contributed by atoms with Gasteiger partial charge in [0.1, 0.15) is 11.7 Å². The summed E-state index contributed by atoms with van der Waals surface area (Å²) in [6.45, 7) is 5.44. The Hall–Kier alpha value is -1.86. The van der Waals surface area contributed by atoms with Gasteiger partial charge in [-0.05, 0) is 39.3 Å². The van der Waals surface area contributed by atoms with Crippen molar-refractivity contribution in [3.05, 3.63) is 24.0 Å². The molecule has 1 amide bonds. The summed E-state index contributed by atoms with van der Waals surface area (Å²) < 4.78 is 5.06. The number of alkyl carbamates (subject to hydrolysis) is 1. The molecule has 2 atom stereocenters. The number of hydrogen-bond acceptors (Lipinski definition) is 6. The molecule has 0 bridgehead atoms. The second-order valence-electron chi connectivity index (χ2n) is 5.71. The van der Waals surface area contributed by atoms with Crippen molar-refractivity contribution >= 4 is 11.8 Å². The molecule has 0 aliphatic rings. The molecular weight excluding hydrogens is 274 g/mol. The summed E-state index contributed by atoms with van der Waals surface area (Å²) >= 11 is 0. The zero-order valence-corrected chi connectivity index (χ0v) is 12.5. The van der Waals surface area contributed by atoms with Crippen molar-refractivity contribution in [2.24, 2.45) is 0 Å². The first-order chi connectivity index (χ1) is 9.70. The van der Waals surface area contributed by atoms with Crippen LogP contribution in [0.1, 0.15) is 39.0 Å². The number of nitrogens with two attached hydrogens (primary N) is 1. The van der Waals surface area contributed by atoms with Crippen LogP contribution in [-0.2, 0) is 4.74 Å². The van der Waals surface area contributed by atoms with Crippen molar-refractivity contribution in [1.82, 2.24) is 10.3 Å². The number of aliphatic hydroxyl groups is 2. The summed E-state index contributed by atoms with van der Waals surface area (Å²) in [5.41, 5.74) is 5.64. The lowest BCUT2D eigenvalue weighted by molar-refractivity contribution is 0.0104. The highest BCUT2D eigenvalue weighted by atomic mass is 16.6. The molecule has 118 valence electrons. The van der Waals surface area contributed by atoms with E-state index in [1.54, 1.807) is 32.9 Å². The van der Waals surface area contributed by atoms with Crippen LogP contribution in [0.2, 0.25) is 0 Å². The molecule has 1 rings (SSSR count). The van der Waals surface area contributed by atoms with Gasteiger partial charge in [0.15, 0.2) is 0 Å². The molecule has 1 aromatic rings. The summed E-state index contributed by atoms with van der Waals surface area (Å²) in [6.07, 6.45) is -1.22. The Morgan fingerprint density at radius 3 is 2.71 bits per heavy atom. The summed E-state index contributed by atoms with van der Waals surface area (Å²) in [6, 6.07) is 3.24. The number of aliphatic hydroxyl groups excluding tert-OH is 2. The number of hydrogen-bond donors (Lipinski definition) is 4. The lowest BCUT2D eigenvalue weighted by atomic mass is 10.1. The van der Waals surface area contributed by atoms with Crippen LogP contribution in [0.25, 0.3) is 0 Å². The Kier molecular flexibility index (Phi) is 5.92. The maximum Gasteiger partial charge on any atom is 0.407 e. The number of nitrogens with zero attached hydrogens (tertiary/aromatic N) is 1. The molecule has 0 saturated carbocycles. The van der Waals surface area contributed by atoms with Gasteiger partial charge >= 0.3 is 6.09 Å². The molecule has 0 saturated heterocycles. The molecular formula is C14H23N3O4. The van der Waals surface area contributed by atoms with Crippen molar-refractivity contribution < 1.29 is 19.7 Å². The number of carbonyl (C=O) groups is 1. The van der Waals surface area contributed by atoms with Crippen molar-refractivity contribution in [3.8, 4) is 0 Å². The number of anilines is 1. The van der Waals surface area contributed by atoms with Gasteiger partial charge in [0, 0.05) is 12.7 Å². The summed E-state index contributed by atoms with van der Waals surface area (Å²) in [4.78, 5) is 15.4. The molecule has 0 aromatic carbocycles. The first-order valence-corrected chi connectivity index (χ1v) is 6.74.